The monoisotopic (exact) mass is 294 g/mol. The molecule has 0 saturated carbocycles. The van der Waals surface area contributed by atoms with Crippen LogP contribution in [0.4, 0.5) is 4.79 Å². The molecule has 1 amide bonds. The second kappa shape index (κ2) is 7.40. The minimum absolute atomic E-state index is 0.0267. The fraction of sp³-hybridized carbons (Fsp3) is 0.533. The summed E-state index contributed by atoms with van der Waals surface area (Å²) in [5.74, 6) is 0. The topological polar surface area (TPSA) is 82.0 Å². The number of hydrogen-bond acceptors (Lipinski definition) is 5. The summed E-state index contributed by atoms with van der Waals surface area (Å²) >= 11 is 0. The fourth-order valence-electron chi connectivity index (χ4n) is 2.37. The van der Waals surface area contributed by atoms with Crippen LogP contribution in [-0.2, 0) is 11.3 Å². The molecule has 0 aliphatic carbocycles. The molecule has 6 heteroatoms. The third-order valence-corrected chi connectivity index (χ3v) is 3.54. The first-order chi connectivity index (χ1) is 10.1. The molecule has 6 nitrogen and oxygen atoms in total. The zero-order valence-electron chi connectivity index (χ0n) is 12.0. The number of hydrogen-bond donors (Lipinski definition) is 3. The Balaban J connectivity index is 1.76. The number of aliphatic hydroxyl groups excluding tert-OH is 1. The fourth-order valence-corrected chi connectivity index (χ4v) is 2.37. The normalized spacial score (nSPS) is 21.5. The number of likely N-dealkylation sites (tertiary alicyclic amines) is 1. The standard InChI is InChI=1S/C15H22N2O4/c18-9-7-16-11-15(20)6-8-17(12-15)14(19)21-10-13-4-2-1-3-5-13/h1-5,16,18,20H,6-12H2. The average molecular weight is 294 g/mol. The van der Waals surface area contributed by atoms with E-state index in [2.05, 4.69) is 5.32 Å². The third-order valence-electron chi connectivity index (χ3n) is 3.54. The summed E-state index contributed by atoms with van der Waals surface area (Å²) in [6.45, 7) is 1.77. The van der Waals surface area contributed by atoms with Crippen molar-refractivity contribution in [2.24, 2.45) is 0 Å². The van der Waals surface area contributed by atoms with Crippen LogP contribution in [0.2, 0.25) is 0 Å². The molecule has 0 aromatic heterocycles. The van der Waals surface area contributed by atoms with E-state index in [4.69, 9.17) is 9.84 Å². The Morgan fingerprint density at radius 1 is 1.38 bits per heavy atom. The first kappa shape index (κ1) is 15.8. The van der Waals surface area contributed by atoms with Gasteiger partial charge in [-0.3, -0.25) is 0 Å². The second-order valence-corrected chi connectivity index (χ2v) is 5.34. The SMILES string of the molecule is O=C(OCc1ccccc1)N1CCC(O)(CNCCO)C1. The lowest BCUT2D eigenvalue weighted by atomic mass is 10.0. The van der Waals surface area contributed by atoms with E-state index >= 15 is 0 Å². The van der Waals surface area contributed by atoms with Gasteiger partial charge in [-0.2, -0.15) is 0 Å². The molecule has 116 valence electrons. The number of ether oxygens (including phenoxy) is 1. The quantitative estimate of drug-likeness (QED) is 0.659. The number of rotatable bonds is 6. The van der Waals surface area contributed by atoms with E-state index in [1.165, 1.54) is 4.90 Å². The zero-order valence-corrected chi connectivity index (χ0v) is 12.0. The van der Waals surface area contributed by atoms with Crippen molar-refractivity contribution in [2.75, 3.05) is 32.8 Å². The predicted molar refractivity (Wildman–Crippen MR) is 77.7 cm³/mol. The summed E-state index contributed by atoms with van der Waals surface area (Å²) in [5.41, 5.74) is -0.00840. The highest BCUT2D eigenvalue weighted by Gasteiger charge is 2.38. The molecule has 1 heterocycles. The Bertz CT molecular complexity index is 454. The molecule has 1 fully saturated rings. The maximum atomic E-state index is 12.0. The number of carbonyl (C=O) groups excluding carboxylic acids is 1. The lowest BCUT2D eigenvalue weighted by Crippen LogP contribution is -2.44. The first-order valence-corrected chi connectivity index (χ1v) is 7.12. The minimum Gasteiger partial charge on any atom is -0.445 e. The van der Waals surface area contributed by atoms with Crippen LogP contribution in [0.5, 0.6) is 0 Å². The summed E-state index contributed by atoms with van der Waals surface area (Å²) in [7, 11) is 0. The van der Waals surface area contributed by atoms with Gasteiger partial charge in [0.2, 0.25) is 0 Å². The highest BCUT2D eigenvalue weighted by molar-refractivity contribution is 5.68. The van der Waals surface area contributed by atoms with Gasteiger partial charge in [-0.25, -0.2) is 4.79 Å². The van der Waals surface area contributed by atoms with Crippen LogP contribution in [-0.4, -0.2) is 59.6 Å². The van der Waals surface area contributed by atoms with Gasteiger partial charge in [0, 0.05) is 19.6 Å². The molecule has 1 unspecified atom stereocenters. The summed E-state index contributed by atoms with van der Waals surface area (Å²) in [4.78, 5) is 13.5. The van der Waals surface area contributed by atoms with Gasteiger partial charge in [0.1, 0.15) is 6.61 Å². The summed E-state index contributed by atoms with van der Waals surface area (Å²) < 4.78 is 5.25. The van der Waals surface area contributed by atoms with Gasteiger partial charge in [0.15, 0.2) is 0 Å². The maximum Gasteiger partial charge on any atom is 0.410 e. The molecular weight excluding hydrogens is 272 g/mol. The van der Waals surface area contributed by atoms with E-state index in [9.17, 15) is 9.90 Å². The van der Waals surface area contributed by atoms with Crippen LogP contribution in [0.25, 0.3) is 0 Å². The van der Waals surface area contributed by atoms with Gasteiger partial charge in [0.05, 0.1) is 18.8 Å². The number of nitrogens with zero attached hydrogens (tertiary/aromatic N) is 1. The summed E-state index contributed by atoms with van der Waals surface area (Å²) in [6, 6.07) is 9.49. The van der Waals surface area contributed by atoms with Gasteiger partial charge in [-0.15, -0.1) is 0 Å². The van der Waals surface area contributed by atoms with Crippen molar-refractivity contribution in [3.8, 4) is 0 Å². The minimum atomic E-state index is -0.944. The van der Waals surface area contributed by atoms with E-state index in [-0.39, 0.29) is 19.8 Å². The number of amides is 1. The molecule has 3 N–H and O–H groups in total. The highest BCUT2D eigenvalue weighted by atomic mass is 16.6. The highest BCUT2D eigenvalue weighted by Crippen LogP contribution is 2.21. The second-order valence-electron chi connectivity index (χ2n) is 5.34. The lowest BCUT2D eigenvalue weighted by Gasteiger charge is -2.23. The van der Waals surface area contributed by atoms with Crippen LogP contribution in [0.3, 0.4) is 0 Å². The predicted octanol–water partition coefficient (Wildman–Crippen LogP) is 0.342. The molecule has 2 rings (SSSR count). The number of aliphatic hydroxyl groups is 2. The van der Waals surface area contributed by atoms with E-state index < -0.39 is 11.7 Å². The van der Waals surface area contributed by atoms with Gasteiger partial charge >= 0.3 is 6.09 Å². The van der Waals surface area contributed by atoms with Crippen molar-refractivity contribution in [1.29, 1.82) is 0 Å². The molecule has 0 bridgehead atoms. The summed E-state index contributed by atoms with van der Waals surface area (Å²) in [6.07, 6.45) is 0.100. The van der Waals surface area contributed by atoms with E-state index in [1.54, 1.807) is 0 Å². The molecular formula is C15H22N2O4. The van der Waals surface area contributed by atoms with Crippen LogP contribution in [0, 0.1) is 0 Å². The Kier molecular flexibility index (Phi) is 5.55. The number of nitrogens with one attached hydrogen (secondary N) is 1. The van der Waals surface area contributed by atoms with E-state index in [0.29, 0.717) is 26.1 Å². The summed E-state index contributed by atoms with van der Waals surface area (Å²) in [5, 5.41) is 22.0. The van der Waals surface area contributed by atoms with Gasteiger partial charge in [-0.1, -0.05) is 30.3 Å². The molecule has 1 saturated heterocycles. The van der Waals surface area contributed by atoms with Crippen LogP contribution >= 0.6 is 0 Å². The molecule has 1 aromatic carbocycles. The smallest absolute Gasteiger partial charge is 0.410 e. The molecule has 1 aromatic rings. The van der Waals surface area contributed by atoms with Crippen LogP contribution < -0.4 is 5.32 Å². The maximum absolute atomic E-state index is 12.0. The van der Waals surface area contributed by atoms with Crippen molar-refractivity contribution < 1.29 is 19.7 Å². The molecule has 0 spiro atoms. The first-order valence-electron chi connectivity index (χ1n) is 7.12. The van der Waals surface area contributed by atoms with Gasteiger partial charge < -0.3 is 25.2 Å². The molecule has 1 aliphatic heterocycles. The van der Waals surface area contributed by atoms with Crippen molar-refractivity contribution in [3.63, 3.8) is 0 Å². The Morgan fingerprint density at radius 2 is 2.14 bits per heavy atom. The Labute approximate surface area is 124 Å². The number of carbonyl (C=O) groups is 1. The van der Waals surface area contributed by atoms with Gasteiger partial charge in [0.25, 0.3) is 0 Å². The van der Waals surface area contributed by atoms with Crippen molar-refractivity contribution in [3.05, 3.63) is 35.9 Å². The number of β-amino-alcohol motifs (C(OH)–C–C–N with tert-alkyl or cyclic N) is 1. The van der Waals surface area contributed by atoms with Crippen LogP contribution in [0.15, 0.2) is 30.3 Å². The Hall–Kier alpha value is -1.63. The van der Waals surface area contributed by atoms with Crippen molar-refractivity contribution in [1.82, 2.24) is 10.2 Å². The average Bonchev–Trinajstić information content (AvgIpc) is 2.89. The largest absolute Gasteiger partial charge is 0.445 e. The Morgan fingerprint density at radius 3 is 2.86 bits per heavy atom. The van der Waals surface area contributed by atoms with Crippen molar-refractivity contribution >= 4 is 6.09 Å². The third kappa shape index (κ3) is 4.70. The number of benzene rings is 1. The van der Waals surface area contributed by atoms with Crippen molar-refractivity contribution in [2.45, 2.75) is 18.6 Å². The van der Waals surface area contributed by atoms with E-state index in [1.807, 2.05) is 30.3 Å². The van der Waals surface area contributed by atoms with Gasteiger partial charge in [-0.05, 0) is 12.0 Å². The lowest BCUT2D eigenvalue weighted by molar-refractivity contribution is 0.0429. The zero-order chi connectivity index (χ0) is 15.1. The molecule has 1 aliphatic rings. The molecule has 1 atom stereocenters. The van der Waals surface area contributed by atoms with Crippen LogP contribution in [0.1, 0.15) is 12.0 Å². The van der Waals surface area contributed by atoms with E-state index in [0.717, 1.165) is 5.56 Å². The molecule has 21 heavy (non-hydrogen) atoms. The molecule has 0 radical (unpaired) electrons.